The number of nitrogens with one attached hydrogen (secondary N) is 1. The van der Waals surface area contributed by atoms with E-state index >= 15 is 0 Å². The number of hydrogen-bond acceptors (Lipinski definition) is 3. The Bertz CT molecular complexity index is 466. The van der Waals surface area contributed by atoms with Crippen molar-refractivity contribution in [3.8, 4) is 0 Å². The summed E-state index contributed by atoms with van der Waals surface area (Å²) in [4.78, 5) is 4.14. The summed E-state index contributed by atoms with van der Waals surface area (Å²) in [5.74, 6) is 0. The highest BCUT2D eigenvalue weighted by Gasteiger charge is 2.03. The summed E-state index contributed by atoms with van der Waals surface area (Å²) in [6, 6.07) is 4.47. The molecule has 0 unspecified atom stereocenters. The van der Waals surface area contributed by atoms with Crippen molar-refractivity contribution in [2.45, 2.75) is 33.9 Å². The number of aryl methyl sites for hydroxylation is 3. The van der Waals surface area contributed by atoms with Gasteiger partial charge in [0.1, 0.15) is 0 Å². The molecule has 0 saturated heterocycles. The summed E-state index contributed by atoms with van der Waals surface area (Å²) < 4.78 is 0. The maximum Gasteiger partial charge on any atom is 0.152 e. The number of benzene rings is 1. The standard InChI is InChI=1S/C14H17N2S/c1-10-4-11(2)14(12(3)5-10)7-15-6-13-8-17-9-16-13/h4-5,8,15H,6-7H2,1-3H3. The number of aromatic nitrogens is 1. The summed E-state index contributed by atoms with van der Waals surface area (Å²) in [5, 5.41) is 5.46. The predicted octanol–water partition coefficient (Wildman–Crippen LogP) is 3.16. The Labute approximate surface area is 107 Å². The molecule has 0 atom stereocenters. The van der Waals surface area contributed by atoms with Gasteiger partial charge in [-0.25, -0.2) is 4.98 Å². The molecule has 0 aliphatic carbocycles. The minimum Gasteiger partial charge on any atom is -0.307 e. The molecule has 89 valence electrons. The summed E-state index contributed by atoms with van der Waals surface area (Å²) in [6.45, 7) is 8.20. The highest BCUT2D eigenvalue weighted by atomic mass is 32.1. The number of hydrogen-bond donors (Lipinski definition) is 1. The van der Waals surface area contributed by atoms with Gasteiger partial charge in [-0.05, 0) is 37.5 Å². The lowest BCUT2D eigenvalue weighted by Gasteiger charge is -2.11. The Hall–Kier alpha value is -1.19. The third-order valence-corrected chi connectivity index (χ3v) is 3.47. The summed E-state index contributed by atoms with van der Waals surface area (Å²) in [5.41, 5.74) is 9.38. The van der Waals surface area contributed by atoms with Crippen LogP contribution in [0.25, 0.3) is 0 Å². The van der Waals surface area contributed by atoms with Crippen molar-refractivity contribution < 1.29 is 0 Å². The molecule has 2 aromatic rings. The van der Waals surface area contributed by atoms with Crippen LogP contribution < -0.4 is 5.32 Å². The third kappa shape index (κ3) is 3.14. The molecule has 1 aromatic heterocycles. The molecule has 2 nitrogen and oxygen atoms in total. The molecule has 0 saturated carbocycles. The first-order valence-electron chi connectivity index (χ1n) is 5.74. The molecule has 0 aliphatic rings. The SMILES string of the molecule is Cc1cc(C)c(CNCc2cs[c]n2)c(C)c1. The highest BCUT2D eigenvalue weighted by Crippen LogP contribution is 2.16. The first kappa shape index (κ1) is 12.3. The van der Waals surface area contributed by atoms with Crippen LogP contribution in [0.15, 0.2) is 17.5 Å². The van der Waals surface area contributed by atoms with Crippen molar-refractivity contribution in [1.29, 1.82) is 0 Å². The molecule has 1 heterocycles. The zero-order valence-electron chi connectivity index (χ0n) is 10.5. The fraction of sp³-hybridized carbons (Fsp3) is 0.357. The molecular formula is C14H17N2S. The second kappa shape index (κ2) is 5.43. The average molecular weight is 245 g/mol. The second-order valence-corrected chi connectivity index (χ2v) is 5.06. The van der Waals surface area contributed by atoms with Gasteiger partial charge in [0, 0.05) is 18.5 Å². The van der Waals surface area contributed by atoms with Gasteiger partial charge >= 0.3 is 0 Å². The van der Waals surface area contributed by atoms with E-state index in [2.05, 4.69) is 48.7 Å². The van der Waals surface area contributed by atoms with Crippen molar-refractivity contribution in [3.63, 3.8) is 0 Å². The molecule has 1 N–H and O–H groups in total. The van der Waals surface area contributed by atoms with Crippen molar-refractivity contribution in [1.82, 2.24) is 10.3 Å². The fourth-order valence-corrected chi connectivity index (χ4v) is 2.59. The lowest BCUT2D eigenvalue weighted by molar-refractivity contribution is 0.677. The van der Waals surface area contributed by atoms with Gasteiger partial charge in [-0.3, -0.25) is 0 Å². The van der Waals surface area contributed by atoms with Gasteiger partial charge in [0.05, 0.1) is 5.69 Å². The third-order valence-electron chi connectivity index (χ3n) is 2.89. The number of rotatable bonds is 4. The van der Waals surface area contributed by atoms with Crippen LogP contribution in [0.4, 0.5) is 0 Å². The van der Waals surface area contributed by atoms with Crippen LogP contribution in [0.3, 0.4) is 0 Å². The molecule has 0 bridgehead atoms. The molecule has 0 amide bonds. The predicted molar refractivity (Wildman–Crippen MR) is 72.1 cm³/mol. The van der Waals surface area contributed by atoms with Crippen LogP contribution in [0, 0.1) is 26.3 Å². The van der Waals surface area contributed by atoms with Crippen LogP contribution in [0.2, 0.25) is 0 Å². The monoisotopic (exact) mass is 245 g/mol. The zero-order chi connectivity index (χ0) is 12.3. The van der Waals surface area contributed by atoms with Crippen molar-refractivity contribution in [3.05, 3.63) is 51.0 Å². The summed E-state index contributed by atoms with van der Waals surface area (Å²) in [6.07, 6.45) is 0. The first-order valence-corrected chi connectivity index (χ1v) is 6.62. The topological polar surface area (TPSA) is 24.9 Å². The number of thiazole rings is 1. The van der Waals surface area contributed by atoms with Crippen molar-refractivity contribution in [2.24, 2.45) is 0 Å². The minimum absolute atomic E-state index is 0.812. The average Bonchev–Trinajstić information content (AvgIpc) is 2.74. The van der Waals surface area contributed by atoms with E-state index in [0.717, 1.165) is 18.8 Å². The van der Waals surface area contributed by atoms with Crippen molar-refractivity contribution >= 4 is 11.3 Å². The van der Waals surface area contributed by atoms with Gasteiger partial charge in [0.2, 0.25) is 0 Å². The van der Waals surface area contributed by atoms with Crippen LogP contribution in [0.1, 0.15) is 27.9 Å². The summed E-state index contributed by atoms with van der Waals surface area (Å²) in [7, 11) is 0. The molecular weight excluding hydrogens is 228 g/mol. The summed E-state index contributed by atoms with van der Waals surface area (Å²) >= 11 is 1.52. The van der Waals surface area contributed by atoms with Gasteiger partial charge in [-0.2, -0.15) is 0 Å². The maximum absolute atomic E-state index is 4.14. The van der Waals surface area contributed by atoms with Crippen LogP contribution >= 0.6 is 11.3 Å². The lowest BCUT2D eigenvalue weighted by atomic mass is 10.00. The molecule has 3 heteroatoms. The zero-order valence-corrected chi connectivity index (χ0v) is 11.3. The normalized spacial score (nSPS) is 10.8. The van der Waals surface area contributed by atoms with Crippen LogP contribution in [-0.2, 0) is 13.1 Å². The van der Waals surface area contributed by atoms with Crippen LogP contribution in [-0.4, -0.2) is 4.98 Å². The first-order chi connectivity index (χ1) is 8.16. The van der Waals surface area contributed by atoms with Crippen molar-refractivity contribution in [2.75, 3.05) is 0 Å². The van der Waals surface area contributed by atoms with E-state index in [-0.39, 0.29) is 0 Å². The Balaban J connectivity index is 1.99. The Morgan fingerprint density at radius 3 is 2.47 bits per heavy atom. The second-order valence-electron chi connectivity index (χ2n) is 4.41. The van der Waals surface area contributed by atoms with Gasteiger partial charge in [0.15, 0.2) is 5.51 Å². The fourth-order valence-electron chi connectivity index (χ4n) is 2.09. The molecule has 0 spiro atoms. The van der Waals surface area contributed by atoms with Crippen LogP contribution in [0.5, 0.6) is 0 Å². The van der Waals surface area contributed by atoms with E-state index in [1.807, 2.05) is 5.38 Å². The van der Waals surface area contributed by atoms with Gasteiger partial charge in [-0.15, -0.1) is 11.3 Å². The largest absolute Gasteiger partial charge is 0.307 e. The molecule has 2 rings (SSSR count). The molecule has 17 heavy (non-hydrogen) atoms. The molecule has 0 aliphatic heterocycles. The van der Waals surface area contributed by atoms with E-state index in [0.29, 0.717) is 0 Å². The highest BCUT2D eigenvalue weighted by molar-refractivity contribution is 7.07. The van der Waals surface area contributed by atoms with E-state index in [1.165, 1.54) is 33.6 Å². The minimum atomic E-state index is 0.812. The van der Waals surface area contributed by atoms with E-state index < -0.39 is 0 Å². The quantitative estimate of drug-likeness (QED) is 0.895. The van der Waals surface area contributed by atoms with Gasteiger partial charge < -0.3 is 5.32 Å². The Kier molecular flexibility index (Phi) is 3.92. The molecule has 1 aromatic carbocycles. The Morgan fingerprint density at radius 1 is 1.18 bits per heavy atom. The number of nitrogens with zero attached hydrogens (tertiary/aromatic N) is 1. The van der Waals surface area contributed by atoms with E-state index in [1.54, 1.807) is 0 Å². The lowest BCUT2D eigenvalue weighted by Crippen LogP contribution is -2.14. The van der Waals surface area contributed by atoms with Gasteiger partial charge in [-0.1, -0.05) is 17.7 Å². The molecule has 0 fully saturated rings. The molecule has 1 radical (unpaired) electrons. The maximum atomic E-state index is 4.14. The van der Waals surface area contributed by atoms with E-state index in [9.17, 15) is 0 Å². The smallest absolute Gasteiger partial charge is 0.152 e. The van der Waals surface area contributed by atoms with E-state index in [4.69, 9.17) is 0 Å². The Morgan fingerprint density at radius 2 is 1.88 bits per heavy atom. The van der Waals surface area contributed by atoms with Gasteiger partial charge in [0.25, 0.3) is 0 Å².